The second-order valence-corrected chi connectivity index (χ2v) is 5.40. The molecule has 2 heteroatoms. The molecule has 0 amide bonds. The summed E-state index contributed by atoms with van der Waals surface area (Å²) in [6, 6.07) is 0.613. The summed E-state index contributed by atoms with van der Waals surface area (Å²) in [5.41, 5.74) is 0.450. The Morgan fingerprint density at radius 1 is 1.53 bits per heavy atom. The predicted octanol–water partition coefficient (Wildman–Crippen LogP) is 2.27. The Morgan fingerprint density at radius 3 is 2.73 bits per heavy atom. The van der Waals surface area contributed by atoms with Gasteiger partial charge in [-0.05, 0) is 38.6 Å². The van der Waals surface area contributed by atoms with Gasteiger partial charge in [0.25, 0.3) is 0 Å². The van der Waals surface area contributed by atoms with E-state index in [-0.39, 0.29) is 0 Å². The van der Waals surface area contributed by atoms with Gasteiger partial charge in [-0.1, -0.05) is 13.0 Å². The van der Waals surface area contributed by atoms with Crippen molar-refractivity contribution in [3.05, 3.63) is 12.7 Å². The number of nitrogens with zero attached hydrogens (tertiary/aromatic N) is 1. The van der Waals surface area contributed by atoms with Gasteiger partial charge in [-0.15, -0.1) is 6.58 Å². The van der Waals surface area contributed by atoms with Crippen LogP contribution in [0.1, 0.15) is 33.6 Å². The van der Waals surface area contributed by atoms with E-state index in [0.717, 1.165) is 13.1 Å². The molecule has 0 spiro atoms. The van der Waals surface area contributed by atoms with Crippen molar-refractivity contribution < 1.29 is 0 Å². The largest absolute Gasteiger partial charge is 0.316 e. The van der Waals surface area contributed by atoms with Crippen molar-refractivity contribution in [2.24, 2.45) is 5.41 Å². The summed E-state index contributed by atoms with van der Waals surface area (Å²) in [6.45, 7) is 15.3. The van der Waals surface area contributed by atoms with Crippen LogP contribution in [0.3, 0.4) is 0 Å². The van der Waals surface area contributed by atoms with Gasteiger partial charge in [-0.3, -0.25) is 4.90 Å². The maximum absolute atomic E-state index is 3.84. The number of hydrogen-bond acceptors (Lipinski definition) is 2. The molecule has 1 rings (SSSR count). The predicted molar refractivity (Wildman–Crippen MR) is 67.1 cm³/mol. The Morgan fingerprint density at radius 2 is 2.27 bits per heavy atom. The minimum Gasteiger partial charge on any atom is -0.316 e. The Labute approximate surface area is 94.7 Å². The molecule has 15 heavy (non-hydrogen) atoms. The van der Waals surface area contributed by atoms with Gasteiger partial charge in [0.1, 0.15) is 0 Å². The number of piperidine rings is 1. The first kappa shape index (κ1) is 12.7. The summed E-state index contributed by atoms with van der Waals surface area (Å²) < 4.78 is 0. The van der Waals surface area contributed by atoms with Crippen LogP contribution in [-0.2, 0) is 0 Å². The van der Waals surface area contributed by atoms with Gasteiger partial charge < -0.3 is 5.32 Å². The fraction of sp³-hybridized carbons (Fsp3) is 0.846. The summed E-state index contributed by atoms with van der Waals surface area (Å²) in [5, 5.41) is 3.51. The Hall–Kier alpha value is -0.340. The van der Waals surface area contributed by atoms with Gasteiger partial charge in [0.05, 0.1) is 0 Å². The first-order chi connectivity index (χ1) is 7.07. The van der Waals surface area contributed by atoms with Crippen LogP contribution in [0.4, 0.5) is 0 Å². The Bertz CT molecular complexity index is 193. The topological polar surface area (TPSA) is 15.3 Å². The molecule has 1 saturated heterocycles. The van der Waals surface area contributed by atoms with Gasteiger partial charge in [-0.25, -0.2) is 0 Å². The zero-order chi connectivity index (χ0) is 11.3. The lowest BCUT2D eigenvalue weighted by Gasteiger charge is -2.40. The summed E-state index contributed by atoms with van der Waals surface area (Å²) in [5.74, 6) is 0. The number of nitrogens with one attached hydrogen (secondary N) is 1. The molecule has 0 radical (unpaired) electrons. The third-order valence-corrected chi connectivity index (χ3v) is 3.36. The Balaban J connectivity index is 2.51. The minimum absolute atomic E-state index is 0.450. The highest BCUT2D eigenvalue weighted by atomic mass is 15.2. The van der Waals surface area contributed by atoms with Crippen LogP contribution in [0.2, 0.25) is 0 Å². The van der Waals surface area contributed by atoms with E-state index in [1.807, 2.05) is 6.08 Å². The third kappa shape index (κ3) is 3.96. The summed E-state index contributed by atoms with van der Waals surface area (Å²) >= 11 is 0. The molecule has 0 aromatic heterocycles. The van der Waals surface area contributed by atoms with Crippen molar-refractivity contribution in [3.8, 4) is 0 Å². The van der Waals surface area contributed by atoms with E-state index in [9.17, 15) is 0 Å². The molecule has 1 aliphatic rings. The standard InChI is InChI=1S/C13H26N2/c1-5-9-15(12(2)3)11-13(4)7-6-8-14-10-13/h5,12,14H,1,6-11H2,2-4H3. The van der Waals surface area contributed by atoms with Gasteiger partial charge in [0.15, 0.2) is 0 Å². The molecule has 0 aromatic rings. The smallest absolute Gasteiger partial charge is 0.0163 e. The van der Waals surface area contributed by atoms with Gasteiger partial charge in [-0.2, -0.15) is 0 Å². The van der Waals surface area contributed by atoms with Crippen molar-refractivity contribution in [2.45, 2.75) is 39.7 Å². The highest BCUT2D eigenvalue weighted by Gasteiger charge is 2.29. The molecule has 1 aliphatic heterocycles. The van der Waals surface area contributed by atoms with Crippen LogP contribution < -0.4 is 5.32 Å². The fourth-order valence-electron chi connectivity index (χ4n) is 2.37. The molecule has 2 nitrogen and oxygen atoms in total. The maximum atomic E-state index is 3.84. The van der Waals surface area contributed by atoms with Gasteiger partial charge in [0.2, 0.25) is 0 Å². The van der Waals surface area contributed by atoms with E-state index >= 15 is 0 Å². The average molecular weight is 210 g/mol. The minimum atomic E-state index is 0.450. The van der Waals surface area contributed by atoms with Gasteiger partial charge >= 0.3 is 0 Å². The number of hydrogen-bond donors (Lipinski definition) is 1. The Kier molecular flexibility index (Phi) is 4.81. The van der Waals surface area contributed by atoms with Crippen LogP contribution in [0.15, 0.2) is 12.7 Å². The van der Waals surface area contributed by atoms with Crippen molar-refractivity contribution in [3.63, 3.8) is 0 Å². The van der Waals surface area contributed by atoms with Crippen LogP contribution in [0.5, 0.6) is 0 Å². The van der Waals surface area contributed by atoms with E-state index in [1.54, 1.807) is 0 Å². The lowest BCUT2D eigenvalue weighted by molar-refractivity contribution is 0.120. The second kappa shape index (κ2) is 5.66. The summed E-state index contributed by atoms with van der Waals surface area (Å²) in [4.78, 5) is 2.51. The molecule has 1 atom stereocenters. The summed E-state index contributed by atoms with van der Waals surface area (Å²) in [7, 11) is 0. The second-order valence-electron chi connectivity index (χ2n) is 5.40. The molecular weight excluding hydrogens is 184 g/mol. The molecule has 1 N–H and O–H groups in total. The van der Waals surface area contributed by atoms with E-state index in [4.69, 9.17) is 0 Å². The van der Waals surface area contributed by atoms with Crippen molar-refractivity contribution >= 4 is 0 Å². The van der Waals surface area contributed by atoms with E-state index in [0.29, 0.717) is 11.5 Å². The lowest BCUT2D eigenvalue weighted by Crippen LogP contribution is -2.47. The molecular formula is C13H26N2. The molecule has 0 aliphatic carbocycles. The molecule has 88 valence electrons. The van der Waals surface area contributed by atoms with Crippen molar-refractivity contribution in [1.82, 2.24) is 10.2 Å². The van der Waals surface area contributed by atoms with Crippen LogP contribution >= 0.6 is 0 Å². The first-order valence-corrected chi connectivity index (χ1v) is 6.13. The fourth-order valence-corrected chi connectivity index (χ4v) is 2.37. The van der Waals surface area contributed by atoms with Crippen molar-refractivity contribution in [1.29, 1.82) is 0 Å². The van der Waals surface area contributed by atoms with E-state index in [2.05, 4.69) is 37.6 Å². The average Bonchev–Trinajstić information content (AvgIpc) is 2.18. The van der Waals surface area contributed by atoms with Crippen LogP contribution in [0.25, 0.3) is 0 Å². The lowest BCUT2D eigenvalue weighted by atomic mass is 9.82. The van der Waals surface area contributed by atoms with E-state index in [1.165, 1.54) is 25.9 Å². The zero-order valence-electron chi connectivity index (χ0n) is 10.6. The molecule has 0 saturated carbocycles. The molecule has 1 heterocycles. The number of rotatable bonds is 5. The molecule has 1 fully saturated rings. The van der Waals surface area contributed by atoms with Crippen LogP contribution in [0, 0.1) is 5.41 Å². The zero-order valence-corrected chi connectivity index (χ0v) is 10.6. The highest BCUT2D eigenvalue weighted by Crippen LogP contribution is 2.27. The SMILES string of the molecule is C=CCN(CC1(C)CCCNC1)C(C)C. The third-order valence-electron chi connectivity index (χ3n) is 3.36. The molecule has 0 bridgehead atoms. The van der Waals surface area contributed by atoms with Crippen LogP contribution in [-0.4, -0.2) is 37.1 Å². The highest BCUT2D eigenvalue weighted by molar-refractivity contribution is 4.87. The summed E-state index contributed by atoms with van der Waals surface area (Å²) in [6.07, 6.45) is 4.68. The van der Waals surface area contributed by atoms with E-state index < -0.39 is 0 Å². The normalized spacial score (nSPS) is 27.3. The quantitative estimate of drug-likeness (QED) is 0.700. The molecule has 0 aromatic carbocycles. The monoisotopic (exact) mass is 210 g/mol. The van der Waals surface area contributed by atoms with Gasteiger partial charge in [0, 0.05) is 25.7 Å². The first-order valence-electron chi connectivity index (χ1n) is 6.13. The molecule has 1 unspecified atom stereocenters. The maximum Gasteiger partial charge on any atom is 0.0163 e. The van der Waals surface area contributed by atoms with Crippen molar-refractivity contribution in [2.75, 3.05) is 26.2 Å².